The highest BCUT2D eigenvalue weighted by atomic mass is 35.5. The standard InChI is InChI=1S/C28H20Cl2N2O5/c1-14(23(33)31-16-12-10-15(11-13-16)26(36)37)32-24(34)21-22(25(32)35)28(30)18-7-3-2-6-17(18)27(21,29)19-8-4-5-9-20(19)28/h2-14,21-22H,1H3,(H,31,33)(H,36,37)/t14-,21+,22+,27?,28?/m1/s1. The Morgan fingerprint density at radius 3 is 1.59 bits per heavy atom. The second-order valence-corrected chi connectivity index (χ2v) is 10.8. The van der Waals surface area contributed by atoms with Gasteiger partial charge in [0.15, 0.2) is 0 Å². The molecule has 2 bridgehead atoms. The van der Waals surface area contributed by atoms with Crippen LogP contribution in [0.15, 0.2) is 72.8 Å². The van der Waals surface area contributed by atoms with Crippen molar-refractivity contribution in [3.05, 3.63) is 101 Å². The molecule has 3 aromatic rings. The summed E-state index contributed by atoms with van der Waals surface area (Å²) in [5.74, 6) is -4.78. The number of carbonyl (C=O) groups excluding carboxylic acids is 3. The fourth-order valence-corrected chi connectivity index (χ4v) is 7.23. The molecule has 3 atom stereocenters. The molecule has 4 aliphatic rings. The van der Waals surface area contributed by atoms with Crippen LogP contribution in [0.4, 0.5) is 5.69 Å². The van der Waals surface area contributed by atoms with Gasteiger partial charge in [0.1, 0.15) is 15.8 Å². The summed E-state index contributed by atoms with van der Waals surface area (Å²) in [5.41, 5.74) is 3.14. The van der Waals surface area contributed by atoms with Crippen LogP contribution in [0.2, 0.25) is 0 Å². The highest BCUT2D eigenvalue weighted by molar-refractivity contribution is 6.36. The number of rotatable bonds is 4. The van der Waals surface area contributed by atoms with Crippen molar-refractivity contribution in [2.24, 2.45) is 11.8 Å². The fraction of sp³-hybridized carbons (Fsp3) is 0.214. The molecule has 1 heterocycles. The molecular formula is C28H20Cl2N2O5. The molecule has 1 saturated heterocycles. The third kappa shape index (κ3) is 2.95. The van der Waals surface area contributed by atoms with Crippen LogP contribution >= 0.6 is 23.2 Å². The lowest BCUT2D eigenvalue weighted by Crippen LogP contribution is -2.57. The zero-order valence-corrected chi connectivity index (χ0v) is 21.0. The second-order valence-electron chi connectivity index (χ2n) is 9.56. The van der Waals surface area contributed by atoms with Crippen LogP contribution in [0.1, 0.15) is 39.5 Å². The Morgan fingerprint density at radius 1 is 0.811 bits per heavy atom. The van der Waals surface area contributed by atoms with Crippen molar-refractivity contribution >= 4 is 52.6 Å². The quantitative estimate of drug-likeness (QED) is 0.383. The highest BCUT2D eigenvalue weighted by Gasteiger charge is 2.73. The van der Waals surface area contributed by atoms with E-state index in [4.69, 9.17) is 28.3 Å². The van der Waals surface area contributed by atoms with Crippen molar-refractivity contribution in [3.63, 3.8) is 0 Å². The van der Waals surface area contributed by atoms with Gasteiger partial charge in [0.05, 0.1) is 17.4 Å². The van der Waals surface area contributed by atoms with Gasteiger partial charge in [0, 0.05) is 5.69 Å². The molecule has 186 valence electrons. The van der Waals surface area contributed by atoms with Crippen molar-refractivity contribution in [1.82, 2.24) is 4.90 Å². The molecular weight excluding hydrogens is 515 g/mol. The smallest absolute Gasteiger partial charge is 0.335 e. The van der Waals surface area contributed by atoms with Crippen molar-refractivity contribution in [1.29, 1.82) is 0 Å². The van der Waals surface area contributed by atoms with Crippen LogP contribution in [0.25, 0.3) is 0 Å². The zero-order chi connectivity index (χ0) is 26.3. The highest BCUT2D eigenvalue weighted by Crippen LogP contribution is 2.69. The predicted molar refractivity (Wildman–Crippen MR) is 136 cm³/mol. The van der Waals surface area contributed by atoms with Crippen LogP contribution in [-0.4, -0.2) is 39.7 Å². The molecule has 3 aromatic carbocycles. The van der Waals surface area contributed by atoms with Crippen molar-refractivity contribution in [2.75, 3.05) is 5.32 Å². The molecule has 7 nitrogen and oxygen atoms in total. The first kappa shape index (κ1) is 23.7. The fourth-order valence-electron chi connectivity index (χ4n) is 6.13. The largest absolute Gasteiger partial charge is 0.478 e. The number of anilines is 1. The van der Waals surface area contributed by atoms with Gasteiger partial charge in [-0.25, -0.2) is 4.79 Å². The summed E-state index contributed by atoms with van der Waals surface area (Å²) in [6.45, 7) is 1.47. The molecule has 0 radical (unpaired) electrons. The summed E-state index contributed by atoms with van der Waals surface area (Å²) < 4.78 is 0. The number of imide groups is 1. The average molecular weight is 535 g/mol. The maximum absolute atomic E-state index is 13.9. The van der Waals surface area contributed by atoms with Crippen LogP contribution in [-0.2, 0) is 24.1 Å². The zero-order valence-electron chi connectivity index (χ0n) is 19.4. The third-order valence-corrected chi connectivity index (χ3v) is 9.07. The van der Waals surface area contributed by atoms with Crippen LogP contribution < -0.4 is 5.32 Å². The monoisotopic (exact) mass is 534 g/mol. The lowest BCUT2D eigenvalue weighted by molar-refractivity contribution is -0.146. The van der Waals surface area contributed by atoms with Gasteiger partial charge in [-0.15, -0.1) is 23.2 Å². The number of halogens is 2. The number of nitrogens with zero attached hydrogens (tertiary/aromatic N) is 1. The lowest BCUT2D eigenvalue weighted by Gasteiger charge is -2.54. The van der Waals surface area contributed by atoms with Gasteiger partial charge in [0.2, 0.25) is 17.7 Å². The summed E-state index contributed by atoms with van der Waals surface area (Å²) >= 11 is 14.8. The lowest BCUT2D eigenvalue weighted by atomic mass is 9.54. The Labute approximate surface area is 222 Å². The van der Waals surface area contributed by atoms with Crippen molar-refractivity contribution in [2.45, 2.75) is 22.7 Å². The first-order valence-corrected chi connectivity index (χ1v) is 12.5. The van der Waals surface area contributed by atoms with Gasteiger partial charge in [-0.1, -0.05) is 48.5 Å². The van der Waals surface area contributed by atoms with E-state index in [1.807, 2.05) is 48.5 Å². The molecule has 3 aliphatic carbocycles. The van der Waals surface area contributed by atoms with E-state index in [1.54, 1.807) is 0 Å². The molecule has 37 heavy (non-hydrogen) atoms. The van der Waals surface area contributed by atoms with Crippen molar-refractivity contribution < 1.29 is 24.3 Å². The minimum atomic E-state index is -1.32. The third-order valence-electron chi connectivity index (χ3n) is 7.79. The van der Waals surface area contributed by atoms with Crippen LogP contribution in [0, 0.1) is 11.8 Å². The minimum Gasteiger partial charge on any atom is -0.478 e. The number of amides is 3. The van der Waals surface area contributed by atoms with Gasteiger partial charge < -0.3 is 10.4 Å². The van der Waals surface area contributed by atoms with E-state index in [0.29, 0.717) is 27.9 Å². The molecule has 1 fully saturated rings. The number of alkyl halides is 2. The summed E-state index contributed by atoms with van der Waals surface area (Å²) in [6.07, 6.45) is 0. The summed E-state index contributed by atoms with van der Waals surface area (Å²) in [7, 11) is 0. The number of hydrogen-bond acceptors (Lipinski definition) is 4. The Hall–Kier alpha value is -3.68. The maximum atomic E-state index is 13.9. The Morgan fingerprint density at radius 2 is 1.22 bits per heavy atom. The van der Waals surface area contributed by atoms with E-state index in [9.17, 15) is 19.2 Å². The Bertz CT molecular complexity index is 1400. The van der Waals surface area contributed by atoms with Gasteiger partial charge in [-0.3, -0.25) is 19.3 Å². The molecule has 7 rings (SSSR count). The van der Waals surface area contributed by atoms with Gasteiger partial charge in [-0.2, -0.15) is 0 Å². The number of carboxylic acid groups (broad SMARTS) is 1. The molecule has 0 saturated carbocycles. The maximum Gasteiger partial charge on any atom is 0.335 e. The van der Waals surface area contributed by atoms with E-state index >= 15 is 0 Å². The second kappa shape index (κ2) is 7.91. The Balaban J connectivity index is 1.40. The molecule has 1 aliphatic heterocycles. The minimum absolute atomic E-state index is 0.0643. The van der Waals surface area contributed by atoms with Gasteiger partial charge >= 0.3 is 5.97 Å². The number of carboxylic acids is 1. The van der Waals surface area contributed by atoms with Gasteiger partial charge in [0.25, 0.3) is 0 Å². The first-order chi connectivity index (χ1) is 17.6. The summed E-state index contributed by atoms with van der Waals surface area (Å²) in [4.78, 5) is 50.5. The molecule has 9 heteroatoms. The van der Waals surface area contributed by atoms with E-state index in [1.165, 1.54) is 31.2 Å². The Kier molecular flexibility index (Phi) is 5.07. The number of likely N-dealkylation sites (tertiary alicyclic amines) is 1. The predicted octanol–water partition coefficient (Wildman–Crippen LogP) is 4.31. The van der Waals surface area contributed by atoms with Crippen LogP contribution in [0.3, 0.4) is 0 Å². The van der Waals surface area contributed by atoms with E-state index in [-0.39, 0.29) is 5.56 Å². The molecule has 2 N–H and O–H groups in total. The SMILES string of the molecule is C[C@H](C(=O)Nc1ccc(C(=O)O)cc1)N1C(=O)[C@@H]2[C@@H](C1=O)C1(Cl)c3ccccc3C2(Cl)c2ccccc21. The number of nitrogens with one attached hydrogen (secondary N) is 1. The van der Waals surface area contributed by atoms with Crippen LogP contribution in [0.5, 0.6) is 0 Å². The molecule has 0 unspecified atom stereocenters. The molecule has 3 amide bonds. The van der Waals surface area contributed by atoms with E-state index in [2.05, 4.69) is 5.32 Å². The van der Waals surface area contributed by atoms with Gasteiger partial charge in [-0.05, 0) is 53.4 Å². The van der Waals surface area contributed by atoms with Crippen molar-refractivity contribution in [3.8, 4) is 0 Å². The summed E-state index contributed by atoms with van der Waals surface area (Å²) in [6, 6.07) is 19.1. The average Bonchev–Trinajstić information content (AvgIpc) is 3.18. The molecule has 0 aromatic heterocycles. The van der Waals surface area contributed by atoms with E-state index in [0.717, 1.165) is 4.90 Å². The molecule has 0 spiro atoms. The number of benzene rings is 3. The van der Waals surface area contributed by atoms with E-state index < -0.39 is 51.3 Å². The topological polar surface area (TPSA) is 104 Å². The number of hydrogen-bond donors (Lipinski definition) is 2. The first-order valence-electron chi connectivity index (χ1n) is 11.7. The number of carbonyl (C=O) groups is 4. The summed E-state index contributed by atoms with van der Waals surface area (Å²) in [5, 5.41) is 11.7. The normalized spacial score (nSPS) is 27.8. The number of aromatic carboxylic acids is 1.